The van der Waals surface area contributed by atoms with E-state index in [1.54, 1.807) is 0 Å². The van der Waals surface area contributed by atoms with Crippen LogP contribution in [0.15, 0.2) is 52.1 Å². The number of benzene rings is 1. The number of nitrogens with two attached hydrogens (primary N) is 1. The van der Waals surface area contributed by atoms with E-state index in [1.165, 1.54) is 39.7 Å². The third kappa shape index (κ3) is 6.04. The Morgan fingerprint density at radius 2 is 2.00 bits per heavy atom. The van der Waals surface area contributed by atoms with E-state index in [2.05, 4.69) is 4.98 Å². The van der Waals surface area contributed by atoms with Gasteiger partial charge in [0.25, 0.3) is 5.56 Å². The minimum atomic E-state index is -0.708. The van der Waals surface area contributed by atoms with E-state index in [-0.39, 0.29) is 42.9 Å². The number of nitrogens with zero attached hydrogens (tertiary/aromatic N) is 2. The van der Waals surface area contributed by atoms with Crippen LogP contribution in [0, 0.1) is 0 Å². The number of rotatable bonds is 10. The molecule has 2 aromatic heterocycles. The Morgan fingerprint density at radius 1 is 1.25 bits per heavy atom. The summed E-state index contributed by atoms with van der Waals surface area (Å²) in [5.41, 5.74) is 5.63. The van der Waals surface area contributed by atoms with Crippen LogP contribution in [0.25, 0.3) is 0 Å². The minimum absolute atomic E-state index is 0.0469. The molecule has 0 aliphatic heterocycles. The molecule has 8 nitrogen and oxygen atoms in total. The van der Waals surface area contributed by atoms with Crippen LogP contribution >= 0.6 is 34.7 Å². The SMILES string of the molecule is COCCn1c(N)c(N(Cc2ccccc2)C(=O)CSCc2ccc(Cl)s2)c(=O)[nH]c1=O. The molecule has 0 radical (unpaired) electrons. The van der Waals surface area contributed by atoms with Crippen molar-refractivity contribution in [3.63, 3.8) is 0 Å². The van der Waals surface area contributed by atoms with Crippen LogP contribution in [0.3, 0.4) is 0 Å². The first kappa shape index (κ1) is 24.1. The van der Waals surface area contributed by atoms with Crippen LogP contribution in [-0.4, -0.2) is 34.9 Å². The first-order chi connectivity index (χ1) is 15.4. The molecule has 0 atom stereocenters. The summed E-state index contributed by atoms with van der Waals surface area (Å²) in [6, 6.07) is 13.0. The zero-order chi connectivity index (χ0) is 23.1. The predicted octanol–water partition coefficient (Wildman–Crippen LogP) is 2.95. The lowest BCUT2D eigenvalue weighted by Gasteiger charge is -2.24. The number of ether oxygens (including phenoxy) is 1. The summed E-state index contributed by atoms with van der Waals surface area (Å²) in [4.78, 5) is 42.9. The molecule has 0 aliphatic carbocycles. The molecule has 0 fully saturated rings. The smallest absolute Gasteiger partial charge is 0.330 e. The average molecular weight is 495 g/mol. The third-order valence-electron chi connectivity index (χ3n) is 4.59. The summed E-state index contributed by atoms with van der Waals surface area (Å²) < 4.78 is 6.92. The number of hydrogen-bond acceptors (Lipinski definition) is 7. The van der Waals surface area contributed by atoms with E-state index in [1.807, 2.05) is 42.5 Å². The molecule has 0 aliphatic rings. The molecule has 11 heteroatoms. The van der Waals surface area contributed by atoms with Gasteiger partial charge in [0.2, 0.25) is 5.91 Å². The Bertz CT molecular complexity index is 1180. The number of methoxy groups -OCH3 is 1. The number of aromatic nitrogens is 2. The number of carbonyl (C=O) groups is 1. The molecule has 2 heterocycles. The monoisotopic (exact) mass is 494 g/mol. The summed E-state index contributed by atoms with van der Waals surface area (Å²) in [5, 5.41) is 0. The Labute approximate surface area is 198 Å². The fraction of sp³-hybridized carbons (Fsp3) is 0.286. The number of H-pyrrole nitrogens is 1. The highest BCUT2D eigenvalue weighted by molar-refractivity contribution is 7.99. The number of amides is 1. The average Bonchev–Trinajstić information content (AvgIpc) is 3.18. The number of thiophene rings is 1. The van der Waals surface area contributed by atoms with Gasteiger partial charge in [-0.05, 0) is 17.7 Å². The van der Waals surface area contributed by atoms with Gasteiger partial charge in [0.15, 0.2) is 5.69 Å². The molecule has 0 spiro atoms. The standard InChI is InChI=1S/C21H23ClN4O4S2/c1-30-10-9-25-19(23)18(20(28)24-21(25)29)26(11-14-5-3-2-4-6-14)17(27)13-31-12-15-7-8-16(22)32-15/h2-8H,9-13,23H2,1H3,(H,24,28,29). The van der Waals surface area contributed by atoms with Crippen LogP contribution in [0.4, 0.5) is 11.5 Å². The topological polar surface area (TPSA) is 110 Å². The number of nitrogen functional groups attached to an aromatic ring is 1. The zero-order valence-corrected chi connectivity index (χ0v) is 19.8. The number of thioether (sulfide) groups is 1. The highest BCUT2D eigenvalue weighted by Gasteiger charge is 2.24. The Balaban J connectivity index is 1.91. The Morgan fingerprint density at radius 3 is 2.66 bits per heavy atom. The summed E-state index contributed by atoms with van der Waals surface area (Å²) in [7, 11) is 1.50. The van der Waals surface area contributed by atoms with Crippen molar-refractivity contribution < 1.29 is 9.53 Å². The normalized spacial score (nSPS) is 10.9. The quantitative estimate of drug-likeness (QED) is 0.448. The summed E-state index contributed by atoms with van der Waals surface area (Å²) in [6.45, 7) is 0.508. The Hall–Kier alpha value is -2.53. The van der Waals surface area contributed by atoms with E-state index >= 15 is 0 Å². The second kappa shape index (κ2) is 11.4. The Kier molecular flexibility index (Phi) is 8.57. The van der Waals surface area contributed by atoms with Crippen molar-refractivity contribution in [2.75, 3.05) is 30.1 Å². The molecule has 0 saturated carbocycles. The van der Waals surface area contributed by atoms with Gasteiger partial charge in [-0.1, -0.05) is 41.9 Å². The molecule has 1 amide bonds. The lowest BCUT2D eigenvalue weighted by molar-refractivity contribution is -0.116. The highest BCUT2D eigenvalue weighted by Crippen LogP contribution is 2.26. The van der Waals surface area contributed by atoms with Crippen molar-refractivity contribution in [1.82, 2.24) is 9.55 Å². The minimum Gasteiger partial charge on any atom is -0.383 e. The van der Waals surface area contributed by atoms with Gasteiger partial charge < -0.3 is 10.5 Å². The molecule has 3 N–H and O–H groups in total. The molecule has 0 bridgehead atoms. The molecule has 170 valence electrons. The zero-order valence-electron chi connectivity index (χ0n) is 17.4. The van der Waals surface area contributed by atoms with Crippen LogP contribution in [0.1, 0.15) is 10.4 Å². The van der Waals surface area contributed by atoms with Gasteiger partial charge in [-0.2, -0.15) is 0 Å². The van der Waals surface area contributed by atoms with Gasteiger partial charge in [-0.3, -0.25) is 24.0 Å². The summed E-state index contributed by atoms with van der Waals surface area (Å²) >= 11 is 8.84. The number of aromatic amines is 1. The van der Waals surface area contributed by atoms with Crippen LogP contribution in [0.2, 0.25) is 4.34 Å². The van der Waals surface area contributed by atoms with Crippen molar-refractivity contribution in [3.05, 3.63) is 78.1 Å². The van der Waals surface area contributed by atoms with Gasteiger partial charge in [-0.25, -0.2) is 4.79 Å². The maximum absolute atomic E-state index is 13.2. The van der Waals surface area contributed by atoms with Gasteiger partial charge in [0, 0.05) is 17.7 Å². The largest absolute Gasteiger partial charge is 0.383 e. The van der Waals surface area contributed by atoms with Crippen LogP contribution in [-0.2, 0) is 28.4 Å². The number of hydrogen-bond donors (Lipinski definition) is 2. The van der Waals surface area contributed by atoms with E-state index in [4.69, 9.17) is 22.1 Å². The van der Waals surface area contributed by atoms with Crippen molar-refractivity contribution in [3.8, 4) is 0 Å². The van der Waals surface area contributed by atoms with Crippen molar-refractivity contribution in [2.24, 2.45) is 0 Å². The first-order valence-corrected chi connectivity index (χ1v) is 12.0. The second-order valence-corrected chi connectivity index (χ2v) is 9.59. The van der Waals surface area contributed by atoms with Crippen molar-refractivity contribution in [1.29, 1.82) is 0 Å². The van der Waals surface area contributed by atoms with E-state index in [9.17, 15) is 14.4 Å². The van der Waals surface area contributed by atoms with E-state index in [0.29, 0.717) is 10.1 Å². The molecule has 1 aromatic carbocycles. The number of halogens is 1. The van der Waals surface area contributed by atoms with E-state index < -0.39 is 11.2 Å². The fourth-order valence-electron chi connectivity index (χ4n) is 3.05. The summed E-state index contributed by atoms with van der Waals surface area (Å²) in [5.74, 6) is 0.366. The first-order valence-electron chi connectivity index (χ1n) is 9.68. The van der Waals surface area contributed by atoms with E-state index in [0.717, 1.165) is 10.4 Å². The highest BCUT2D eigenvalue weighted by atomic mass is 35.5. The van der Waals surface area contributed by atoms with Crippen LogP contribution < -0.4 is 21.9 Å². The molecular formula is C21H23ClN4O4S2. The third-order valence-corrected chi connectivity index (χ3v) is 6.97. The fourth-order valence-corrected chi connectivity index (χ4v) is 5.15. The number of anilines is 2. The van der Waals surface area contributed by atoms with Gasteiger partial charge in [0.1, 0.15) is 5.82 Å². The molecule has 3 aromatic rings. The molecule has 32 heavy (non-hydrogen) atoms. The lowest BCUT2D eigenvalue weighted by Crippen LogP contribution is -2.41. The predicted molar refractivity (Wildman–Crippen MR) is 131 cm³/mol. The molecule has 3 rings (SSSR count). The molecule has 0 saturated heterocycles. The lowest BCUT2D eigenvalue weighted by atomic mass is 10.2. The molecule has 0 unspecified atom stereocenters. The second-order valence-electron chi connectivity index (χ2n) is 6.80. The molecular weight excluding hydrogens is 472 g/mol. The van der Waals surface area contributed by atoms with Crippen molar-refractivity contribution in [2.45, 2.75) is 18.8 Å². The van der Waals surface area contributed by atoms with Gasteiger partial charge in [-0.15, -0.1) is 23.1 Å². The van der Waals surface area contributed by atoms with Gasteiger partial charge >= 0.3 is 5.69 Å². The maximum atomic E-state index is 13.2. The number of nitrogens with one attached hydrogen (secondary N) is 1. The van der Waals surface area contributed by atoms with Crippen LogP contribution in [0.5, 0.6) is 0 Å². The van der Waals surface area contributed by atoms with Gasteiger partial charge in [0.05, 0.1) is 29.8 Å². The van der Waals surface area contributed by atoms with Crippen molar-refractivity contribution >= 4 is 52.1 Å². The number of carbonyl (C=O) groups excluding carboxylic acids is 1. The summed E-state index contributed by atoms with van der Waals surface area (Å²) in [6.07, 6.45) is 0. The maximum Gasteiger partial charge on any atom is 0.330 e.